The molecule has 0 bridgehead atoms. The van der Waals surface area contributed by atoms with E-state index in [0.29, 0.717) is 42.5 Å². The summed E-state index contributed by atoms with van der Waals surface area (Å²) in [7, 11) is 3.09. The van der Waals surface area contributed by atoms with E-state index < -0.39 is 0 Å². The van der Waals surface area contributed by atoms with Crippen molar-refractivity contribution in [1.29, 1.82) is 0 Å². The van der Waals surface area contributed by atoms with Crippen LogP contribution in [0.1, 0.15) is 49.7 Å². The maximum Gasteiger partial charge on any atom is 2.00 e. The minimum absolute atomic E-state index is 0. The van der Waals surface area contributed by atoms with Gasteiger partial charge in [-0.15, -0.1) is 0 Å². The van der Waals surface area contributed by atoms with Crippen LogP contribution in [0.15, 0.2) is 52.9 Å². The third kappa shape index (κ3) is 7.78. The minimum atomic E-state index is -0.167. The summed E-state index contributed by atoms with van der Waals surface area (Å²) in [4.78, 5) is 28.2. The van der Waals surface area contributed by atoms with Gasteiger partial charge < -0.3 is 34.4 Å². The Morgan fingerprint density at radius 3 is 2.44 bits per heavy atom. The largest absolute Gasteiger partial charge is 2.00 e. The maximum absolute atomic E-state index is 13.5. The van der Waals surface area contributed by atoms with E-state index in [4.69, 9.17) is 13.9 Å². The second-order valence-electron chi connectivity index (χ2n) is 9.09. The molecule has 1 aromatic heterocycles. The summed E-state index contributed by atoms with van der Waals surface area (Å²) in [6.07, 6.45) is 3.75. The molecule has 0 saturated carbocycles. The molecule has 0 spiro atoms. The van der Waals surface area contributed by atoms with Crippen LogP contribution in [0.4, 0.5) is 0 Å². The van der Waals surface area contributed by atoms with Crippen LogP contribution >= 0.6 is 0 Å². The molecule has 0 radical (unpaired) electrons. The number of furan rings is 1. The first-order valence-electron chi connectivity index (χ1n) is 11.8. The zero-order valence-electron chi connectivity index (χ0n) is 21.7. The summed E-state index contributed by atoms with van der Waals surface area (Å²) in [6, 6.07) is 14.7. The average molecular weight is 717 g/mol. The maximum atomic E-state index is 13.5. The van der Waals surface area contributed by atoms with Crippen LogP contribution in [0.5, 0.6) is 11.5 Å². The molecule has 0 unspecified atom stereocenters. The molecule has 2 aromatic carbocycles. The Morgan fingerprint density at radius 1 is 1.11 bits per heavy atom. The number of methoxy groups -OCH3 is 2. The van der Waals surface area contributed by atoms with Crippen molar-refractivity contribution in [2.75, 3.05) is 27.3 Å². The molecule has 0 aliphatic carbocycles. The van der Waals surface area contributed by atoms with Gasteiger partial charge in [-0.25, -0.2) is 0 Å². The molecule has 1 fully saturated rings. The van der Waals surface area contributed by atoms with Crippen LogP contribution < -0.4 is 9.47 Å². The molecule has 1 saturated heterocycles. The summed E-state index contributed by atoms with van der Waals surface area (Å²) >= 11 is 0. The van der Waals surface area contributed by atoms with Gasteiger partial charge in [-0.2, -0.15) is 27.2 Å². The number of rotatable bonds is 8. The zero-order chi connectivity index (χ0) is 25.4. The van der Waals surface area contributed by atoms with E-state index >= 15 is 0 Å². The Kier molecular flexibility index (Phi) is 11.9. The van der Waals surface area contributed by atoms with E-state index in [0.717, 1.165) is 23.8 Å². The number of fused-ring (bicyclic) bond motifs is 1. The van der Waals surface area contributed by atoms with E-state index in [9.17, 15) is 9.59 Å². The fourth-order valence-corrected chi connectivity index (χ4v) is 4.07. The van der Waals surface area contributed by atoms with Crippen molar-refractivity contribution in [3.05, 3.63) is 65.8 Å². The molecular formula is C28H34N2O5U. The number of hydrogen-bond donors (Lipinski definition) is 0. The average Bonchev–Trinajstić information content (AvgIpc) is 3.48. The first-order valence-corrected chi connectivity index (χ1v) is 11.8. The van der Waals surface area contributed by atoms with Crippen molar-refractivity contribution in [3.8, 4) is 11.5 Å². The van der Waals surface area contributed by atoms with Gasteiger partial charge in [0.2, 0.25) is 0 Å². The molecule has 1 atom stereocenters. The molecule has 1 aliphatic heterocycles. The van der Waals surface area contributed by atoms with Gasteiger partial charge in [0.1, 0.15) is 11.3 Å². The molecule has 0 N–H and O–H groups in total. The normalized spacial score (nSPS) is 14.6. The number of carbonyl (C=O) groups is 1. The zero-order valence-corrected chi connectivity index (χ0v) is 25.8. The smallest absolute Gasteiger partial charge is 0.520 e. The van der Waals surface area contributed by atoms with Gasteiger partial charge in [-0.3, -0.25) is 4.79 Å². The summed E-state index contributed by atoms with van der Waals surface area (Å²) in [6.45, 7) is 7.61. The number of nitrogens with zero attached hydrogens (tertiary/aromatic N) is 2. The van der Waals surface area contributed by atoms with Crippen molar-refractivity contribution in [1.82, 2.24) is 9.80 Å². The molecule has 2 heterocycles. The summed E-state index contributed by atoms with van der Waals surface area (Å²) in [5.74, 6) is 2.98. The Balaban J connectivity index is 0.000000850. The van der Waals surface area contributed by atoms with Crippen molar-refractivity contribution < 1.29 is 54.6 Å². The fraction of sp³-hybridized carbons (Fsp3) is 0.393. The fourth-order valence-electron chi connectivity index (χ4n) is 4.07. The monoisotopic (exact) mass is 716 g/mol. The molecule has 1 aliphatic rings. The van der Waals surface area contributed by atoms with E-state index in [2.05, 4.69) is 20.8 Å². The molecule has 2 amide bonds. The van der Waals surface area contributed by atoms with Crippen LogP contribution in [0.25, 0.3) is 11.0 Å². The molecule has 190 valence electrons. The van der Waals surface area contributed by atoms with E-state index in [1.807, 2.05) is 36.7 Å². The first kappa shape index (κ1) is 29.8. The Hall–Kier alpha value is -2.43. The molecule has 8 heteroatoms. The number of amides is 2. The Bertz CT molecular complexity index is 1090. The van der Waals surface area contributed by atoms with Gasteiger partial charge >= 0.3 is 31.1 Å². The van der Waals surface area contributed by atoms with Crippen molar-refractivity contribution in [2.24, 2.45) is 0 Å². The number of likely N-dealkylation sites (tertiary alicyclic amines) is 1. The second kappa shape index (κ2) is 14.3. The second-order valence-corrected chi connectivity index (χ2v) is 9.09. The quantitative estimate of drug-likeness (QED) is 0.299. The topological polar surface area (TPSA) is 72.2 Å². The van der Waals surface area contributed by atoms with Gasteiger partial charge in [0.25, 0.3) is 5.91 Å². The first-order chi connectivity index (χ1) is 16.9. The predicted molar refractivity (Wildman–Crippen MR) is 136 cm³/mol. The number of benzene rings is 2. The van der Waals surface area contributed by atoms with E-state index in [1.54, 1.807) is 35.1 Å². The molecular weight excluding hydrogens is 682 g/mol. The van der Waals surface area contributed by atoms with E-state index in [-0.39, 0.29) is 43.1 Å². The molecule has 4 rings (SSSR count). The van der Waals surface area contributed by atoms with Crippen molar-refractivity contribution >= 4 is 23.3 Å². The third-order valence-electron chi connectivity index (χ3n) is 5.67. The van der Waals surface area contributed by atoms with E-state index in [1.165, 1.54) is 13.0 Å². The van der Waals surface area contributed by atoms with Gasteiger partial charge in [-0.05, 0) is 49.7 Å². The van der Waals surface area contributed by atoms with Crippen molar-refractivity contribution in [2.45, 2.75) is 46.2 Å². The minimum Gasteiger partial charge on any atom is -0.520 e. The standard InChI is InChI=1S/C24H25N2O5.C4H9.U/c1-29-22-10-9-18(13-23(22)30-2)24(28)26(14-19-7-5-11-25(19)16-27)15-20-12-17-6-3-4-8-21(17)31-20;1-4(2)3;/h3-4,6,8-10,12-13,19H,5,7,11,14-15H2,1-2H3;1-3H3;/q2*-1;+2/t19-;;/m0../s1. The van der Waals surface area contributed by atoms with Crippen LogP contribution in [0.2, 0.25) is 0 Å². The Morgan fingerprint density at radius 2 is 1.81 bits per heavy atom. The van der Waals surface area contributed by atoms with Gasteiger partial charge in [0.15, 0.2) is 11.5 Å². The van der Waals surface area contributed by atoms with Crippen LogP contribution in [-0.4, -0.2) is 55.5 Å². The van der Waals surface area contributed by atoms with Crippen LogP contribution in [-0.2, 0) is 11.3 Å². The SMILES string of the molecule is COc1ccc(C(=O)N(Cc2cc3ccccc3o2)C[C@@H]2CCCN2[C-]=O)cc1OC.C[C-](C)C.[U+2]. The number of para-hydroxylation sites is 1. The number of carbonyl (C=O) groups excluding carboxylic acids is 2. The van der Waals surface area contributed by atoms with Gasteiger partial charge in [-0.1, -0.05) is 18.2 Å². The Labute approximate surface area is 237 Å². The third-order valence-corrected chi connectivity index (χ3v) is 5.67. The molecule has 7 nitrogen and oxygen atoms in total. The number of hydrogen-bond acceptors (Lipinski definition) is 5. The van der Waals surface area contributed by atoms with Gasteiger partial charge in [0, 0.05) is 23.5 Å². The summed E-state index contributed by atoms with van der Waals surface area (Å²) < 4.78 is 16.6. The van der Waals surface area contributed by atoms with Crippen molar-refractivity contribution in [3.63, 3.8) is 0 Å². The number of ether oxygens (including phenoxy) is 2. The van der Waals surface area contributed by atoms with Gasteiger partial charge in [0.05, 0.1) is 20.8 Å². The molecule has 36 heavy (non-hydrogen) atoms. The summed E-state index contributed by atoms with van der Waals surface area (Å²) in [5.41, 5.74) is 1.26. The van der Waals surface area contributed by atoms with Crippen LogP contribution in [0.3, 0.4) is 0 Å². The van der Waals surface area contributed by atoms with Crippen LogP contribution in [0, 0.1) is 37.0 Å². The predicted octanol–water partition coefficient (Wildman–Crippen LogP) is 5.24. The molecule has 3 aromatic rings. The summed E-state index contributed by atoms with van der Waals surface area (Å²) in [5, 5.41) is 0.986.